The van der Waals surface area contributed by atoms with E-state index in [1.54, 1.807) is 6.07 Å². The van der Waals surface area contributed by atoms with E-state index in [1.807, 2.05) is 0 Å². The van der Waals surface area contributed by atoms with Crippen LogP contribution >= 0.6 is 11.6 Å². The number of hydrogen-bond acceptors (Lipinski definition) is 4. The molecule has 0 amide bonds. The van der Waals surface area contributed by atoms with Crippen LogP contribution in [0, 0.1) is 0 Å². The maximum Gasteiger partial charge on any atom is 0.133 e. The highest BCUT2D eigenvalue weighted by Crippen LogP contribution is 2.12. The minimum Gasteiger partial charge on any atom is -0.313 e. The van der Waals surface area contributed by atoms with E-state index in [4.69, 9.17) is 11.6 Å². The van der Waals surface area contributed by atoms with Crippen LogP contribution in [0.3, 0.4) is 0 Å². The van der Waals surface area contributed by atoms with E-state index in [-0.39, 0.29) is 0 Å². The Labute approximate surface area is 95.9 Å². The standard InChI is InChI=1S/C9H12ClN3OS/c10-8-4-9(13-6-12-8)15(14)5-7-2-1-3-11-7/h4,6-7,11H,1-3,5H2/t7-,15-/m1/s1. The lowest BCUT2D eigenvalue weighted by Gasteiger charge is -2.08. The van der Waals surface area contributed by atoms with Crippen molar-refractivity contribution in [3.63, 3.8) is 0 Å². The number of hydrogen-bond donors (Lipinski definition) is 1. The lowest BCUT2D eigenvalue weighted by molar-refractivity contribution is 0.641. The smallest absolute Gasteiger partial charge is 0.133 e. The summed E-state index contributed by atoms with van der Waals surface area (Å²) < 4.78 is 11.9. The highest BCUT2D eigenvalue weighted by molar-refractivity contribution is 7.85. The molecule has 1 aromatic rings. The van der Waals surface area contributed by atoms with Gasteiger partial charge in [0.2, 0.25) is 0 Å². The van der Waals surface area contributed by atoms with Crippen molar-refractivity contribution >= 4 is 22.4 Å². The number of nitrogens with zero attached hydrogens (tertiary/aromatic N) is 2. The molecule has 1 aliphatic heterocycles. The fraction of sp³-hybridized carbons (Fsp3) is 0.556. The van der Waals surface area contributed by atoms with Gasteiger partial charge in [-0.3, -0.25) is 4.21 Å². The van der Waals surface area contributed by atoms with Crippen molar-refractivity contribution in [2.45, 2.75) is 23.9 Å². The first-order valence-corrected chi connectivity index (χ1v) is 6.55. The second kappa shape index (κ2) is 5.01. The first kappa shape index (κ1) is 11.0. The molecule has 0 unspecified atom stereocenters. The Morgan fingerprint density at radius 2 is 2.47 bits per heavy atom. The maximum atomic E-state index is 11.9. The average Bonchev–Trinajstić information content (AvgIpc) is 2.70. The molecule has 82 valence electrons. The molecule has 0 radical (unpaired) electrons. The molecule has 0 saturated carbocycles. The van der Waals surface area contributed by atoms with Gasteiger partial charge in [-0.1, -0.05) is 11.6 Å². The zero-order valence-corrected chi connectivity index (χ0v) is 9.72. The highest BCUT2D eigenvalue weighted by atomic mass is 35.5. The average molecular weight is 246 g/mol. The third kappa shape index (κ3) is 2.96. The van der Waals surface area contributed by atoms with Gasteiger partial charge >= 0.3 is 0 Å². The van der Waals surface area contributed by atoms with E-state index >= 15 is 0 Å². The largest absolute Gasteiger partial charge is 0.313 e. The minimum atomic E-state index is -1.08. The molecule has 0 aromatic carbocycles. The van der Waals surface area contributed by atoms with Gasteiger partial charge in [-0.2, -0.15) is 0 Å². The summed E-state index contributed by atoms with van der Waals surface area (Å²) in [7, 11) is -1.08. The highest BCUT2D eigenvalue weighted by Gasteiger charge is 2.18. The number of aromatic nitrogens is 2. The van der Waals surface area contributed by atoms with Gasteiger partial charge < -0.3 is 5.32 Å². The van der Waals surface area contributed by atoms with Crippen LogP contribution in [0.2, 0.25) is 5.15 Å². The number of nitrogens with one attached hydrogen (secondary N) is 1. The SMILES string of the molecule is O=[S@](C[C@H]1CCCN1)c1cc(Cl)ncn1. The molecule has 0 aliphatic carbocycles. The molecule has 1 fully saturated rings. The van der Waals surface area contributed by atoms with Crippen LogP contribution in [-0.4, -0.2) is 32.5 Å². The fourth-order valence-corrected chi connectivity index (χ4v) is 3.05. The Hall–Kier alpha value is -0.520. The van der Waals surface area contributed by atoms with Gasteiger partial charge in [0.05, 0.1) is 10.8 Å². The topological polar surface area (TPSA) is 54.9 Å². The van der Waals surface area contributed by atoms with Gasteiger partial charge in [-0.25, -0.2) is 9.97 Å². The quantitative estimate of drug-likeness (QED) is 0.807. The Morgan fingerprint density at radius 3 is 3.13 bits per heavy atom. The fourth-order valence-electron chi connectivity index (χ4n) is 1.61. The molecule has 4 nitrogen and oxygen atoms in total. The minimum absolute atomic E-state index is 0.340. The predicted molar refractivity (Wildman–Crippen MR) is 59.3 cm³/mol. The monoisotopic (exact) mass is 245 g/mol. The summed E-state index contributed by atoms with van der Waals surface area (Å²) in [6.07, 6.45) is 3.59. The van der Waals surface area contributed by atoms with Crippen LogP contribution in [0.25, 0.3) is 0 Å². The molecular weight excluding hydrogens is 234 g/mol. The van der Waals surface area contributed by atoms with Gasteiger partial charge in [0.25, 0.3) is 0 Å². The van der Waals surface area contributed by atoms with E-state index in [0.717, 1.165) is 19.4 Å². The van der Waals surface area contributed by atoms with Crippen molar-refractivity contribution in [1.29, 1.82) is 0 Å². The van der Waals surface area contributed by atoms with Crippen LogP contribution in [-0.2, 0) is 10.8 Å². The van der Waals surface area contributed by atoms with Crippen LogP contribution in [0.4, 0.5) is 0 Å². The summed E-state index contributed by atoms with van der Waals surface area (Å²) in [6.45, 7) is 1.02. The van der Waals surface area contributed by atoms with E-state index in [2.05, 4.69) is 15.3 Å². The molecule has 2 heterocycles. The molecule has 15 heavy (non-hydrogen) atoms. The molecule has 1 aliphatic rings. The molecule has 0 bridgehead atoms. The zero-order valence-electron chi connectivity index (χ0n) is 8.15. The molecule has 1 saturated heterocycles. The van der Waals surface area contributed by atoms with Crippen molar-refractivity contribution in [2.75, 3.05) is 12.3 Å². The summed E-state index contributed by atoms with van der Waals surface area (Å²) in [5.41, 5.74) is 0. The van der Waals surface area contributed by atoms with E-state index < -0.39 is 10.8 Å². The van der Waals surface area contributed by atoms with E-state index in [9.17, 15) is 4.21 Å². The van der Waals surface area contributed by atoms with Gasteiger partial charge in [0.15, 0.2) is 0 Å². The molecular formula is C9H12ClN3OS. The summed E-state index contributed by atoms with van der Waals surface area (Å²) in [4.78, 5) is 7.72. The molecule has 1 N–H and O–H groups in total. The second-order valence-corrected chi connectivity index (χ2v) is 5.31. The lowest BCUT2D eigenvalue weighted by atomic mass is 10.3. The zero-order chi connectivity index (χ0) is 10.7. The number of halogens is 1. The molecule has 2 atom stereocenters. The van der Waals surface area contributed by atoms with Crippen molar-refractivity contribution in [2.24, 2.45) is 0 Å². The van der Waals surface area contributed by atoms with Gasteiger partial charge in [0.1, 0.15) is 16.5 Å². The second-order valence-electron chi connectivity index (χ2n) is 3.48. The molecule has 1 aromatic heterocycles. The Balaban J connectivity index is 2.01. The molecule has 2 rings (SSSR count). The lowest BCUT2D eigenvalue weighted by Crippen LogP contribution is -2.27. The summed E-state index contributed by atoms with van der Waals surface area (Å²) in [6, 6.07) is 1.91. The Kier molecular flexibility index (Phi) is 3.66. The van der Waals surface area contributed by atoms with Crippen LogP contribution < -0.4 is 5.32 Å². The predicted octanol–water partition coefficient (Wildman–Crippen LogP) is 0.990. The van der Waals surface area contributed by atoms with Crippen molar-refractivity contribution in [3.8, 4) is 0 Å². The third-order valence-electron chi connectivity index (χ3n) is 2.36. The Bertz CT molecular complexity index is 368. The first-order valence-electron chi connectivity index (χ1n) is 4.85. The van der Waals surface area contributed by atoms with E-state index in [0.29, 0.717) is 22.0 Å². The van der Waals surface area contributed by atoms with Crippen molar-refractivity contribution in [3.05, 3.63) is 17.5 Å². The summed E-state index contributed by atoms with van der Waals surface area (Å²) in [5.74, 6) is 0.605. The van der Waals surface area contributed by atoms with Crippen LogP contribution in [0.1, 0.15) is 12.8 Å². The summed E-state index contributed by atoms with van der Waals surface area (Å²) in [5, 5.41) is 4.16. The van der Waals surface area contributed by atoms with Crippen molar-refractivity contribution in [1.82, 2.24) is 15.3 Å². The summed E-state index contributed by atoms with van der Waals surface area (Å²) >= 11 is 5.70. The first-order chi connectivity index (χ1) is 7.25. The molecule has 6 heteroatoms. The van der Waals surface area contributed by atoms with Gasteiger partial charge in [-0.15, -0.1) is 0 Å². The normalized spacial score (nSPS) is 22.9. The van der Waals surface area contributed by atoms with Gasteiger partial charge in [0, 0.05) is 17.9 Å². The number of rotatable bonds is 3. The van der Waals surface area contributed by atoms with Crippen LogP contribution in [0.15, 0.2) is 17.4 Å². The maximum absolute atomic E-state index is 11.9. The molecule has 0 spiro atoms. The van der Waals surface area contributed by atoms with E-state index in [1.165, 1.54) is 6.33 Å². The van der Waals surface area contributed by atoms with Crippen molar-refractivity contribution < 1.29 is 4.21 Å². The Morgan fingerprint density at radius 1 is 1.60 bits per heavy atom. The third-order valence-corrected chi connectivity index (χ3v) is 3.96. The van der Waals surface area contributed by atoms with Gasteiger partial charge in [-0.05, 0) is 19.4 Å². The van der Waals surface area contributed by atoms with Crippen LogP contribution in [0.5, 0.6) is 0 Å².